The predicted molar refractivity (Wildman–Crippen MR) is 65.9 cm³/mol. The Bertz CT molecular complexity index is 226. The lowest BCUT2D eigenvalue weighted by Crippen LogP contribution is -2.45. The highest BCUT2D eigenvalue weighted by molar-refractivity contribution is 5.83. The number of amides is 1. The molecule has 1 fully saturated rings. The highest BCUT2D eigenvalue weighted by Gasteiger charge is 2.44. The number of hydrogen-bond donors (Lipinski definition) is 1. The molecule has 2 N–H and O–H groups in total. The Morgan fingerprint density at radius 2 is 1.81 bits per heavy atom. The number of carbonyl (C=O) groups is 1. The van der Waals surface area contributed by atoms with Crippen molar-refractivity contribution in [2.24, 2.45) is 11.1 Å². The van der Waals surface area contributed by atoms with Crippen molar-refractivity contribution in [3.8, 4) is 0 Å². The van der Waals surface area contributed by atoms with E-state index in [0.29, 0.717) is 6.42 Å². The van der Waals surface area contributed by atoms with Gasteiger partial charge in [0.15, 0.2) is 5.67 Å². The molecule has 0 radical (unpaired) electrons. The average molecular weight is 231 g/mol. The van der Waals surface area contributed by atoms with Crippen LogP contribution in [0.15, 0.2) is 0 Å². The first-order valence-corrected chi connectivity index (χ1v) is 6.32. The molecule has 1 aliphatic carbocycles. The van der Waals surface area contributed by atoms with Crippen LogP contribution in [0.4, 0.5) is 4.39 Å². The van der Waals surface area contributed by atoms with Crippen molar-refractivity contribution in [3.05, 3.63) is 0 Å². The molecule has 2 nitrogen and oxygen atoms in total. The molecule has 0 unspecified atom stereocenters. The maximum absolute atomic E-state index is 13.9. The Kier molecular flexibility index (Phi) is 5.98. The fourth-order valence-electron chi connectivity index (χ4n) is 2.02. The van der Waals surface area contributed by atoms with Gasteiger partial charge in [-0.25, -0.2) is 4.39 Å². The molecule has 0 aliphatic heterocycles. The van der Waals surface area contributed by atoms with Gasteiger partial charge >= 0.3 is 0 Å². The summed E-state index contributed by atoms with van der Waals surface area (Å²) in [4.78, 5) is 10.9. The molecule has 0 aromatic carbocycles. The molecule has 0 aromatic heterocycles. The normalized spacial score (nSPS) is 21.1. The Morgan fingerprint density at radius 1 is 1.38 bits per heavy atom. The molecule has 1 atom stereocenters. The summed E-state index contributed by atoms with van der Waals surface area (Å²) in [6, 6.07) is 0. The van der Waals surface area contributed by atoms with Gasteiger partial charge in [0.25, 0.3) is 5.91 Å². The predicted octanol–water partition coefficient (Wildman–Crippen LogP) is 3.59. The number of alkyl halides is 1. The van der Waals surface area contributed by atoms with Gasteiger partial charge in [-0.2, -0.15) is 0 Å². The number of carbonyl (C=O) groups excluding carboxylic acids is 1. The molecule has 1 saturated carbocycles. The molecule has 0 heterocycles. The number of rotatable bonds is 4. The van der Waals surface area contributed by atoms with Crippen molar-refractivity contribution < 1.29 is 9.18 Å². The van der Waals surface area contributed by atoms with E-state index in [1.807, 2.05) is 6.92 Å². The van der Waals surface area contributed by atoms with Gasteiger partial charge in [-0.3, -0.25) is 4.79 Å². The smallest absolute Gasteiger partial charge is 0.255 e. The number of nitrogens with two attached hydrogens (primary N) is 1. The van der Waals surface area contributed by atoms with E-state index >= 15 is 0 Å². The zero-order valence-corrected chi connectivity index (χ0v) is 11.1. The van der Waals surface area contributed by atoms with Crippen LogP contribution in [0.3, 0.4) is 0 Å². The third-order valence-corrected chi connectivity index (χ3v) is 3.27. The summed E-state index contributed by atoms with van der Waals surface area (Å²) in [6.45, 7) is 7.95. The van der Waals surface area contributed by atoms with Crippen LogP contribution >= 0.6 is 0 Å². The van der Waals surface area contributed by atoms with E-state index in [2.05, 4.69) is 13.8 Å². The average Bonchev–Trinajstić information content (AvgIpc) is 2.16. The summed E-state index contributed by atoms with van der Waals surface area (Å²) < 4.78 is 13.9. The van der Waals surface area contributed by atoms with Crippen molar-refractivity contribution in [1.29, 1.82) is 0 Å². The maximum atomic E-state index is 13.9. The fraction of sp³-hybridized carbons (Fsp3) is 0.923. The van der Waals surface area contributed by atoms with E-state index in [9.17, 15) is 9.18 Å². The maximum Gasteiger partial charge on any atom is 0.255 e. The monoisotopic (exact) mass is 231 g/mol. The van der Waals surface area contributed by atoms with E-state index in [1.54, 1.807) is 6.92 Å². The fourth-order valence-corrected chi connectivity index (χ4v) is 2.02. The third kappa shape index (κ3) is 4.11. The lowest BCUT2D eigenvalue weighted by atomic mass is 9.64. The zero-order valence-electron chi connectivity index (χ0n) is 11.1. The second-order valence-electron chi connectivity index (χ2n) is 5.23. The van der Waals surface area contributed by atoms with Crippen molar-refractivity contribution in [2.45, 2.75) is 71.9 Å². The molecule has 0 aromatic rings. The van der Waals surface area contributed by atoms with E-state index in [0.717, 1.165) is 19.3 Å². The van der Waals surface area contributed by atoms with Crippen LogP contribution in [0, 0.1) is 5.41 Å². The van der Waals surface area contributed by atoms with Crippen molar-refractivity contribution in [2.75, 3.05) is 0 Å². The first-order valence-electron chi connectivity index (χ1n) is 6.32. The minimum atomic E-state index is -1.78. The van der Waals surface area contributed by atoms with Crippen molar-refractivity contribution >= 4 is 5.91 Å². The number of halogens is 1. The molecule has 96 valence electrons. The van der Waals surface area contributed by atoms with Gasteiger partial charge in [0.2, 0.25) is 0 Å². The SMILES string of the molecule is CCC.CC[C@@](F)(CC1(C)CCC1)C(N)=O. The molecule has 3 heteroatoms. The standard InChI is InChI=1S/C10H18FNO.C3H8/c1-3-10(11,8(12)13)7-9(2)5-4-6-9;1-3-2/h3-7H2,1-2H3,(H2,12,13);3H2,1-2H3/t10-;/m1./s1. The van der Waals surface area contributed by atoms with E-state index in [1.165, 1.54) is 6.42 Å². The highest BCUT2D eigenvalue weighted by atomic mass is 19.1. The van der Waals surface area contributed by atoms with Gasteiger partial charge in [-0.05, 0) is 31.1 Å². The Labute approximate surface area is 98.8 Å². The van der Waals surface area contributed by atoms with E-state index < -0.39 is 11.6 Å². The summed E-state index contributed by atoms with van der Waals surface area (Å²) in [5.74, 6) is -0.803. The van der Waals surface area contributed by atoms with Gasteiger partial charge in [0.1, 0.15) is 0 Å². The highest BCUT2D eigenvalue weighted by Crippen LogP contribution is 2.47. The van der Waals surface area contributed by atoms with Crippen LogP contribution < -0.4 is 5.73 Å². The first-order chi connectivity index (χ1) is 7.33. The van der Waals surface area contributed by atoms with Crippen molar-refractivity contribution in [1.82, 2.24) is 0 Å². The molecule has 1 aliphatic rings. The quantitative estimate of drug-likeness (QED) is 0.789. The van der Waals surface area contributed by atoms with E-state index in [4.69, 9.17) is 5.73 Å². The molecule has 1 rings (SSSR count). The summed E-state index contributed by atoms with van der Waals surface area (Å²) >= 11 is 0. The Morgan fingerprint density at radius 3 is 2.00 bits per heavy atom. The summed E-state index contributed by atoms with van der Waals surface area (Å²) in [5.41, 5.74) is 3.28. The van der Waals surface area contributed by atoms with Crippen LogP contribution in [0.1, 0.15) is 66.2 Å². The topological polar surface area (TPSA) is 43.1 Å². The van der Waals surface area contributed by atoms with Crippen LogP contribution in [0.25, 0.3) is 0 Å². The van der Waals surface area contributed by atoms with Crippen LogP contribution in [-0.2, 0) is 4.79 Å². The molecular weight excluding hydrogens is 205 g/mol. The van der Waals surface area contributed by atoms with Crippen LogP contribution in [0.5, 0.6) is 0 Å². The van der Waals surface area contributed by atoms with Gasteiger partial charge in [0.05, 0.1) is 0 Å². The number of primary amides is 1. The van der Waals surface area contributed by atoms with E-state index in [-0.39, 0.29) is 11.8 Å². The van der Waals surface area contributed by atoms with Gasteiger partial charge in [0, 0.05) is 0 Å². The molecule has 16 heavy (non-hydrogen) atoms. The second-order valence-corrected chi connectivity index (χ2v) is 5.23. The largest absolute Gasteiger partial charge is 0.367 e. The molecular formula is C13H26FNO. The Hall–Kier alpha value is -0.600. The Balaban J connectivity index is 0.000000673. The lowest BCUT2D eigenvalue weighted by molar-refractivity contribution is -0.133. The molecule has 0 saturated heterocycles. The minimum absolute atomic E-state index is 0.0137. The van der Waals surface area contributed by atoms with Crippen LogP contribution in [0.2, 0.25) is 0 Å². The van der Waals surface area contributed by atoms with Crippen molar-refractivity contribution in [3.63, 3.8) is 0 Å². The molecule has 0 spiro atoms. The van der Waals surface area contributed by atoms with Gasteiger partial charge in [-0.1, -0.05) is 40.5 Å². The van der Waals surface area contributed by atoms with Crippen LogP contribution in [-0.4, -0.2) is 11.6 Å². The summed E-state index contributed by atoms with van der Waals surface area (Å²) in [5, 5.41) is 0. The molecule has 0 bridgehead atoms. The van der Waals surface area contributed by atoms with Gasteiger partial charge in [-0.15, -0.1) is 0 Å². The summed E-state index contributed by atoms with van der Waals surface area (Å²) in [7, 11) is 0. The second kappa shape index (κ2) is 6.21. The third-order valence-electron chi connectivity index (χ3n) is 3.27. The minimum Gasteiger partial charge on any atom is -0.367 e. The number of hydrogen-bond acceptors (Lipinski definition) is 1. The van der Waals surface area contributed by atoms with Gasteiger partial charge < -0.3 is 5.73 Å². The lowest BCUT2D eigenvalue weighted by Gasteiger charge is -2.42. The molecule has 1 amide bonds. The zero-order chi connectivity index (χ0) is 12.8. The summed E-state index contributed by atoms with van der Waals surface area (Å²) in [6.07, 6.45) is 4.93. The first kappa shape index (κ1) is 15.4.